The Morgan fingerprint density at radius 3 is 2.47 bits per heavy atom. The largest absolute Gasteiger partial charge is 0.480 e. The van der Waals surface area contributed by atoms with Crippen molar-refractivity contribution in [1.29, 1.82) is 0 Å². The Morgan fingerprint density at radius 2 is 2.00 bits per heavy atom. The molecule has 0 aliphatic heterocycles. The number of hydrogen-bond donors (Lipinski definition) is 3. The molecule has 5 nitrogen and oxygen atoms in total. The Kier molecular flexibility index (Phi) is 7.61. The number of aliphatic carboxylic acids is 1. The van der Waals surface area contributed by atoms with Gasteiger partial charge in [-0.1, -0.05) is 13.8 Å². The summed E-state index contributed by atoms with van der Waals surface area (Å²) in [6.07, 6.45) is 7.41. The van der Waals surface area contributed by atoms with Crippen molar-refractivity contribution in [2.75, 3.05) is 6.54 Å². The van der Waals surface area contributed by atoms with Crippen molar-refractivity contribution in [1.82, 2.24) is 10.6 Å². The molecule has 0 bridgehead atoms. The maximum absolute atomic E-state index is 11.4. The summed E-state index contributed by atoms with van der Waals surface area (Å²) in [7, 11) is 0. The van der Waals surface area contributed by atoms with E-state index in [-0.39, 0.29) is 5.92 Å². The zero-order valence-electron chi connectivity index (χ0n) is 10.3. The van der Waals surface area contributed by atoms with Crippen LogP contribution in [0.5, 0.6) is 0 Å². The number of nitrogens with one attached hydrogen (secondary N) is 2. The van der Waals surface area contributed by atoms with E-state index in [0.29, 0.717) is 13.0 Å². The van der Waals surface area contributed by atoms with E-state index in [4.69, 9.17) is 11.5 Å². The molecule has 1 atom stereocenters. The summed E-state index contributed by atoms with van der Waals surface area (Å²) in [6, 6.07) is -1.31. The minimum atomic E-state index is -1.03. The van der Waals surface area contributed by atoms with Gasteiger partial charge in [-0.25, -0.2) is 9.59 Å². The molecular formula is C12H20N2O3. The first-order valence-corrected chi connectivity index (χ1v) is 5.69. The van der Waals surface area contributed by atoms with Gasteiger partial charge >= 0.3 is 12.0 Å². The highest BCUT2D eigenvalue weighted by Crippen LogP contribution is 2.01. The molecule has 0 rings (SSSR count). The first-order valence-electron chi connectivity index (χ1n) is 5.69. The van der Waals surface area contributed by atoms with Crippen LogP contribution in [0.4, 0.5) is 4.79 Å². The van der Waals surface area contributed by atoms with Gasteiger partial charge in [-0.2, -0.15) is 0 Å². The number of carboxylic acid groups (broad SMARTS) is 1. The second-order valence-electron chi connectivity index (χ2n) is 4.12. The second kappa shape index (κ2) is 8.45. The molecule has 0 saturated carbocycles. The highest BCUT2D eigenvalue weighted by Gasteiger charge is 2.22. The van der Waals surface area contributed by atoms with Crippen molar-refractivity contribution in [2.45, 2.75) is 39.2 Å². The lowest BCUT2D eigenvalue weighted by atomic mass is 10.1. The Balaban J connectivity index is 3.84. The lowest BCUT2D eigenvalue weighted by Gasteiger charge is -2.18. The highest BCUT2D eigenvalue weighted by atomic mass is 16.4. The molecule has 5 heteroatoms. The molecule has 0 fully saturated rings. The van der Waals surface area contributed by atoms with E-state index < -0.39 is 18.0 Å². The first kappa shape index (κ1) is 15.3. The minimum Gasteiger partial charge on any atom is -0.480 e. The zero-order chi connectivity index (χ0) is 13.3. The number of unbranched alkanes of at least 4 members (excludes halogenated alkanes) is 2. The van der Waals surface area contributed by atoms with Gasteiger partial charge in [0.2, 0.25) is 0 Å². The molecule has 0 aromatic carbocycles. The van der Waals surface area contributed by atoms with Gasteiger partial charge in [0.1, 0.15) is 6.04 Å². The number of hydrogen-bond acceptors (Lipinski definition) is 2. The van der Waals surface area contributed by atoms with E-state index in [1.807, 2.05) is 0 Å². The van der Waals surface area contributed by atoms with Crippen LogP contribution in [-0.4, -0.2) is 29.7 Å². The molecule has 96 valence electrons. The standard InChI is InChI=1S/C12H20N2O3/c1-4-5-6-7-8-13-12(17)14-10(9(2)3)11(15)16/h1,9-10H,5-8H2,2-3H3,(H,15,16)(H2,13,14,17). The lowest BCUT2D eigenvalue weighted by molar-refractivity contribution is -0.140. The molecule has 0 saturated heterocycles. The van der Waals surface area contributed by atoms with Crippen LogP contribution < -0.4 is 10.6 Å². The molecule has 0 aliphatic carbocycles. The topological polar surface area (TPSA) is 78.4 Å². The van der Waals surface area contributed by atoms with Gasteiger partial charge in [0, 0.05) is 13.0 Å². The number of urea groups is 1. The molecule has 17 heavy (non-hydrogen) atoms. The van der Waals surface area contributed by atoms with E-state index in [0.717, 1.165) is 12.8 Å². The molecular weight excluding hydrogens is 220 g/mol. The molecule has 0 aliphatic rings. The number of amides is 2. The number of carbonyl (C=O) groups is 2. The molecule has 0 aromatic heterocycles. The van der Waals surface area contributed by atoms with Crippen molar-refractivity contribution in [3.8, 4) is 12.3 Å². The van der Waals surface area contributed by atoms with Gasteiger partial charge in [-0.15, -0.1) is 12.3 Å². The van der Waals surface area contributed by atoms with Crippen LogP contribution in [0.15, 0.2) is 0 Å². The molecule has 0 aromatic rings. The summed E-state index contributed by atoms with van der Waals surface area (Å²) in [5.41, 5.74) is 0. The molecule has 2 amide bonds. The molecule has 1 unspecified atom stereocenters. The van der Waals surface area contributed by atoms with E-state index in [1.54, 1.807) is 13.8 Å². The number of rotatable bonds is 7. The van der Waals surface area contributed by atoms with Crippen LogP contribution in [0.3, 0.4) is 0 Å². The summed E-state index contributed by atoms with van der Waals surface area (Å²) in [5.74, 6) is 1.33. The smallest absolute Gasteiger partial charge is 0.326 e. The summed E-state index contributed by atoms with van der Waals surface area (Å²) >= 11 is 0. The van der Waals surface area contributed by atoms with Crippen LogP contribution in [0, 0.1) is 18.3 Å². The van der Waals surface area contributed by atoms with E-state index in [9.17, 15) is 9.59 Å². The normalized spacial score (nSPS) is 11.6. The number of carboxylic acids is 1. The quantitative estimate of drug-likeness (QED) is 0.462. The highest BCUT2D eigenvalue weighted by molar-refractivity contribution is 5.82. The van der Waals surface area contributed by atoms with Crippen molar-refractivity contribution >= 4 is 12.0 Å². The average Bonchev–Trinajstić information content (AvgIpc) is 2.24. The molecule has 3 N–H and O–H groups in total. The van der Waals surface area contributed by atoms with Crippen LogP contribution in [-0.2, 0) is 4.79 Å². The van der Waals surface area contributed by atoms with Crippen molar-refractivity contribution in [3.63, 3.8) is 0 Å². The van der Waals surface area contributed by atoms with Gasteiger partial charge in [0.15, 0.2) is 0 Å². The number of terminal acetylenes is 1. The Hall–Kier alpha value is -1.70. The fraction of sp³-hybridized carbons (Fsp3) is 0.667. The van der Waals surface area contributed by atoms with E-state index in [1.165, 1.54) is 0 Å². The Morgan fingerprint density at radius 1 is 1.35 bits per heavy atom. The van der Waals surface area contributed by atoms with Crippen molar-refractivity contribution in [3.05, 3.63) is 0 Å². The van der Waals surface area contributed by atoms with Gasteiger partial charge in [0.25, 0.3) is 0 Å². The fourth-order valence-corrected chi connectivity index (χ4v) is 1.26. The summed E-state index contributed by atoms with van der Waals surface area (Å²) < 4.78 is 0. The van der Waals surface area contributed by atoms with Crippen molar-refractivity contribution in [2.24, 2.45) is 5.92 Å². The third-order valence-electron chi connectivity index (χ3n) is 2.25. The average molecular weight is 240 g/mol. The van der Waals surface area contributed by atoms with Gasteiger partial charge in [0.05, 0.1) is 0 Å². The second-order valence-corrected chi connectivity index (χ2v) is 4.12. The molecule has 0 spiro atoms. The van der Waals surface area contributed by atoms with Gasteiger partial charge in [-0.05, 0) is 18.8 Å². The number of carbonyl (C=O) groups excluding carboxylic acids is 1. The van der Waals surface area contributed by atoms with Crippen LogP contribution >= 0.6 is 0 Å². The summed E-state index contributed by atoms with van der Waals surface area (Å²) in [4.78, 5) is 22.2. The van der Waals surface area contributed by atoms with E-state index >= 15 is 0 Å². The zero-order valence-corrected chi connectivity index (χ0v) is 10.3. The van der Waals surface area contributed by atoms with Crippen LogP contribution in [0.25, 0.3) is 0 Å². The van der Waals surface area contributed by atoms with E-state index in [2.05, 4.69) is 16.6 Å². The Bertz CT molecular complexity index is 295. The van der Waals surface area contributed by atoms with Crippen LogP contribution in [0.2, 0.25) is 0 Å². The molecule has 0 heterocycles. The summed E-state index contributed by atoms with van der Waals surface area (Å²) in [5, 5.41) is 13.9. The third kappa shape index (κ3) is 7.23. The van der Waals surface area contributed by atoms with Gasteiger partial charge < -0.3 is 15.7 Å². The first-order chi connectivity index (χ1) is 7.99. The fourth-order valence-electron chi connectivity index (χ4n) is 1.26. The molecule has 0 radical (unpaired) electrons. The lowest BCUT2D eigenvalue weighted by Crippen LogP contribution is -2.48. The monoisotopic (exact) mass is 240 g/mol. The maximum atomic E-state index is 11.4. The predicted molar refractivity (Wildman–Crippen MR) is 65.5 cm³/mol. The Labute approximate surface area is 102 Å². The van der Waals surface area contributed by atoms with Crippen molar-refractivity contribution < 1.29 is 14.7 Å². The summed E-state index contributed by atoms with van der Waals surface area (Å²) in [6.45, 7) is 3.98. The van der Waals surface area contributed by atoms with Crippen LogP contribution in [0.1, 0.15) is 33.1 Å². The minimum absolute atomic E-state index is 0.153. The maximum Gasteiger partial charge on any atom is 0.326 e. The van der Waals surface area contributed by atoms with Gasteiger partial charge in [-0.3, -0.25) is 0 Å². The SMILES string of the molecule is C#CCCCCNC(=O)NC(C(=O)O)C(C)C. The predicted octanol–water partition coefficient (Wildman–Crippen LogP) is 1.20. The third-order valence-corrected chi connectivity index (χ3v) is 2.25.